The zero-order chi connectivity index (χ0) is 12.0. The number of carbonyl (C=O) groups is 2. The molecular formula is C10H13NO3S2. The molecule has 4 nitrogen and oxygen atoms in total. The van der Waals surface area contributed by atoms with E-state index in [0.717, 1.165) is 4.90 Å². The minimum atomic E-state index is -0.902. The van der Waals surface area contributed by atoms with Crippen LogP contribution in [0.15, 0.2) is 16.3 Å². The molecule has 0 bridgehead atoms. The molecule has 0 aliphatic heterocycles. The molecule has 1 rings (SSSR count). The molecule has 1 aromatic rings. The lowest BCUT2D eigenvalue weighted by molar-refractivity contribution is -0.120. The number of thiophene rings is 1. The number of thioether (sulfide) groups is 1. The van der Waals surface area contributed by atoms with Crippen molar-refractivity contribution >= 4 is 35.0 Å². The zero-order valence-electron chi connectivity index (χ0n) is 8.86. The third kappa shape index (κ3) is 4.24. The zero-order valence-corrected chi connectivity index (χ0v) is 10.5. The van der Waals surface area contributed by atoms with Gasteiger partial charge in [0.2, 0.25) is 5.91 Å². The summed E-state index contributed by atoms with van der Waals surface area (Å²) >= 11 is 2.70. The van der Waals surface area contributed by atoms with Crippen molar-refractivity contribution in [2.75, 3.05) is 12.3 Å². The third-order valence-electron chi connectivity index (χ3n) is 1.76. The van der Waals surface area contributed by atoms with Gasteiger partial charge in [-0.15, -0.1) is 23.1 Å². The number of nitrogens with one attached hydrogen (secondary N) is 1. The highest BCUT2D eigenvalue weighted by Gasteiger charge is 2.07. The number of hydrogen-bond acceptors (Lipinski definition) is 4. The highest BCUT2D eigenvalue weighted by Crippen LogP contribution is 2.25. The summed E-state index contributed by atoms with van der Waals surface area (Å²) in [6.45, 7) is 2.52. The second-order valence-electron chi connectivity index (χ2n) is 3.00. The summed E-state index contributed by atoms with van der Waals surface area (Å²) in [5.41, 5.74) is 0. The Kier molecular flexibility index (Phi) is 5.34. The fraction of sp³-hybridized carbons (Fsp3) is 0.400. The van der Waals surface area contributed by atoms with Crippen molar-refractivity contribution in [2.45, 2.75) is 18.2 Å². The van der Waals surface area contributed by atoms with E-state index >= 15 is 0 Å². The Labute approximate surface area is 102 Å². The second kappa shape index (κ2) is 6.55. The molecule has 0 unspecified atom stereocenters. The summed E-state index contributed by atoms with van der Waals surface area (Å²) in [4.78, 5) is 23.0. The van der Waals surface area contributed by atoms with Gasteiger partial charge in [-0.2, -0.15) is 0 Å². The van der Waals surface area contributed by atoms with E-state index in [-0.39, 0.29) is 5.91 Å². The standard InChI is InChI=1S/C10H13NO3S2/c1-2-11-9(12)3-4-15-7-5-8(10(13)14)16-6-7/h5-6H,2-4H2,1H3,(H,11,12)(H,13,14). The van der Waals surface area contributed by atoms with Gasteiger partial charge < -0.3 is 10.4 Å². The number of hydrogen-bond donors (Lipinski definition) is 2. The van der Waals surface area contributed by atoms with Gasteiger partial charge in [0.15, 0.2) is 0 Å². The lowest BCUT2D eigenvalue weighted by Crippen LogP contribution is -2.22. The molecule has 1 heterocycles. The van der Waals surface area contributed by atoms with Gasteiger partial charge >= 0.3 is 5.97 Å². The Balaban J connectivity index is 2.32. The van der Waals surface area contributed by atoms with Crippen LogP contribution in [0, 0.1) is 0 Å². The van der Waals surface area contributed by atoms with Crippen molar-refractivity contribution in [1.29, 1.82) is 0 Å². The normalized spacial score (nSPS) is 10.1. The molecule has 0 fully saturated rings. The Hall–Kier alpha value is -1.01. The first-order valence-electron chi connectivity index (χ1n) is 4.84. The van der Waals surface area contributed by atoms with E-state index in [2.05, 4.69) is 5.32 Å². The van der Waals surface area contributed by atoms with Crippen molar-refractivity contribution in [3.63, 3.8) is 0 Å². The van der Waals surface area contributed by atoms with Gasteiger partial charge in [-0.3, -0.25) is 4.79 Å². The molecule has 0 spiro atoms. The number of carboxylic acid groups (broad SMARTS) is 1. The Morgan fingerprint density at radius 2 is 2.31 bits per heavy atom. The van der Waals surface area contributed by atoms with Crippen LogP contribution < -0.4 is 5.32 Å². The number of aromatic carboxylic acids is 1. The van der Waals surface area contributed by atoms with E-state index in [1.165, 1.54) is 23.1 Å². The van der Waals surface area contributed by atoms with Gasteiger partial charge in [-0.1, -0.05) is 0 Å². The molecule has 2 N–H and O–H groups in total. The second-order valence-corrected chi connectivity index (χ2v) is 5.08. The first kappa shape index (κ1) is 13.1. The summed E-state index contributed by atoms with van der Waals surface area (Å²) < 4.78 is 0. The van der Waals surface area contributed by atoms with Crippen LogP contribution in [0.4, 0.5) is 0 Å². The molecule has 16 heavy (non-hydrogen) atoms. The van der Waals surface area contributed by atoms with E-state index in [4.69, 9.17) is 5.11 Å². The summed E-state index contributed by atoms with van der Waals surface area (Å²) in [5, 5.41) is 13.2. The van der Waals surface area contributed by atoms with Crippen LogP contribution in [-0.2, 0) is 4.79 Å². The van der Waals surface area contributed by atoms with Gasteiger partial charge in [0.25, 0.3) is 0 Å². The van der Waals surface area contributed by atoms with Crippen LogP contribution in [0.25, 0.3) is 0 Å². The van der Waals surface area contributed by atoms with Gasteiger partial charge in [-0.25, -0.2) is 4.79 Å². The van der Waals surface area contributed by atoms with Crippen LogP contribution in [0.3, 0.4) is 0 Å². The molecule has 0 aliphatic rings. The minimum Gasteiger partial charge on any atom is -0.477 e. The molecule has 0 aromatic carbocycles. The number of carbonyl (C=O) groups excluding carboxylic acids is 1. The molecule has 1 aromatic heterocycles. The summed E-state index contributed by atoms with van der Waals surface area (Å²) in [6.07, 6.45) is 0.455. The first-order chi connectivity index (χ1) is 7.63. The van der Waals surface area contributed by atoms with E-state index in [9.17, 15) is 9.59 Å². The van der Waals surface area contributed by atoms with E-state index in [1.54, 1.807) is 11.4 Å². The smallest absolute Gasteiger partial charge is 0.345 e. The monoisotopic (exact) mass is 259 g/mol. The quantitative estimate of drug-likeness (QED) is 0.767. The molecular weight excluding hydrogens is 246 g/mol. The third-order valence-corrected chi connectivity index (χ3v) is 3.80. The van der Waals surface area contributed by atoms with E-state index in [1.807, 2.05) is 6.92 Å². The van der Waals surface area contributed by atoms with Crippen molar-refractivity contribution < 1.29 is 14.7 Å². The average molecular weight is 259 g/mol. The molecule has 6 heteroatoms. The minimum absolute atomic E-state index is 0.0312. The highest BCUT2D eigenvalue weighted by atomic mass is 32.2. The Morgan fingerprint density at radius 3 is 2.88 bits per heavy atom. The van der Waals surface area contributed by atoms with Crippen molar-refractivity contribution in [1.82, 2.24) is 5.32 Å². The van der Waals surface area contributed by atoms with E-state index in [0.29, 0.717) is 23.6 Å². The lowest BCUT2D eigenvalue weighted by atomic mass is 10.4. The number of carboxylic acids is 1. The van der Waals surface area contributed by atoms with Gasteiger partial charge in [0.05, 0.1) is 0 Å². The Morgan fingerprint density at radius 1 is 1.56 bits per heavy atom. The maximum Gasteiger partial charge on any atom is 0.345 e. The fourth-order valence-electron chi connectivity index (χ4n) is 1.05. The van der Waals surface area contributed by atoms with E-state index < -0.39 is 5.97 Å². The molecule has 0 atom stereocenters. The maximum absolute atomic E-state index is 11.1. The van der Waals surface area contributed by atoms with Crippen molar-refractivity contribution in [3.05, 3.63) is 16.3 Å². The van der Waals surface area contributed by atoms with Gasteiger partial charge in [0.1, 0.15) is 4.88 Å². The van der Waals surface area contributed by atoms with Crippen molar-refractivity contribution in [3.8, 4) is 0 Å². The summed E-state index contributed by atoms with van der Waals surface area (Å²) in [7, 11) is 0. The molecule has 1 amide bonds. The van der Waals surface area contributed by atoms with Crippen molar-refractivity contribution in [2.24, 2.45) is 0 Å². The number of amides is 1. The largest absolute Gasteiger partial charge is 0.477 e. The predicted octanol–water partition coefficient (Wildman–Crippen LogP) is 2.06. The Bertz CT molecular complexity index is 376. The molecule has 0 saturated heterocycles. The van der Waals surface area contributed by atoms with Crippen LogP contribution in [0.5, 0.6) is 0 Å². The SMILES string of the molecule is CCNC(=O)CCSc1csc(C(=O)O)c1. The lowest BCUT2D eigenvalue weighted by Gasteiger charge is -2.00. The first-order valence-corrected chi connectivity index (χ1v) is 6.71. The van der Waals surface area contributed by atoms with Gasteiger partial charge in [-0.05, 0) is 13.0 Å². The molecule has 0 saturated carbocycles. The van der Waals surface area contributed by atoms with Crippen LogP contribution >= 0.6 is 23.1 Å². The molecule has 0 radical (unpaired) electrons. The molecule has 88 valence electrons. The van der Waals surface area contributed by atoms with Gasteiger partial charge in [0, 0.05) is 29.0 Å². The predicted molar refractivity (Wildman–Crippen MR) is 65.3 cm³/mol. The van der Waals surface area contributed by atoms with Crippen LogP contribution in [-0.4, -0.2) is 29.3 Å². The summed E-state index contributed by atoms with van der Waals surface area (Å²) in [6, 6.07) is 1.63. The molecule has 0 aliphatic carbocycles. The van der Waals surface area contributed by atoms with Crippen LogP contribution in [0.2, 0.25) is 0 Å². The average Bonchev–Trinajstić information content (AvgIpc) is 2.67. The van der Waals surface area contributed by atoms with Crippen LogP contribution in [0.1, 0.15) is 23.0 Å². The summed E-state index contributed by atoms with van der Waals surface area (Å²) in [5.74, 6) is -0.203. The highest BCUT2D eigenvalue weighted by molar-refractivity contribution is 7.99. The number of rotatable bonds is 6. The topological polar surface area (TPSA) is 66.4 Å². The fourth-order valence-corrected chi connectivity index (χ4v) is 2.88. The maximum atomic E-state index is 11.1.